The maximum absolute atomic E-state index is 12.4. The molecule has 1 aliphatic rings. The zero-order chi connectivity index (χ0) is 23.4. The normalized spacial score (nSPS) is 14.2. The summed E-state index contributed by atoms with van der Waals surface area (Å²) in [5.74, 6) is 0.712. The molecule has 0 fully saturated rings. The van der Waals surface area contributed by atoms with Crippen molar-refractivity contribution in [1.29, 1.82) is 0 Å². The largest absolute Gasteiger partial charge is 0.490 e. The van der Waals surface area contributed by atoms with Gasteiger partial charge in [-0.2, -0.15) is 0 Å². The maximum Gasteiger partial charge on any atom is 0.363 e. The van der Waals surface area contributed by atoms with Crippen LogP contribution >= 0.6 is 39.1 Å². The highest BCUT2D eigenvalue weighted by molar-refractivity contribution is 9.10. The molecule has 0 spiro atoms. The number of aliphatic imine (C=N–C) groups is 1. The number of carbonyl (C=O) groups is 1. The number of ether oxygens (including phenoxy) is 3. The van der Waals surface area contributed by atoms with E-state index >= 15 is 0 Å². The van der Waals surface area contributed by atoms with Crippen molar-refractivity contribution in [1.82, 2.24) is 0 Å². The SMILES string of the molecule is CCOc1cc(/C=C2\N=C(c3ccccc3Cl)OC2=O)cc(Br)c1OCc1ccc(Cl)cc1. The highest BCUT2D eigenvalue weighted by Gasteiger charge is 2.25. The summed E-state index contributed by atoms with van der Waals surface area (Å²) < 4.78 is 17.8. The maximum atomic E-state index is 12.4. The average Bonchev–Trinajstić information content (AvgIpc) is 3.15. The third-order valence-electron chi connectivity index (χ3n) is 4.66. The molecule has 0 N–H and O–H groups in total. The Kier molecular flexibility index (Phi) is 7.38. The van der Waals surface area contributed by atoms with Crippen LogP contribution in [0, 0.1) is 0 Å². The summed E-state index contributed by atoms with van der Waals surface area (Å²) in [4.78, 5) is 16.7. The van der Waals surface area contributed by atoms with Gasteiger partial charge in [0.1, 0.15) is 6.61 Å². The van der Waals surface area contributed by atoms with Gasteiger partial charge in [0.25, 0.3) is 0 Å². The topological polar surface area (TPSA) is 57.1 Å². The Morgan fingerprint density at radius 3 is 2.55 bits per heavy atom. The first-order valence-electron chi connectivity index (χ1n) is 10.1. The number of rotatable bonds is 7. The molecule has 0 aromatic heterocycles. The van der Waals surface area contributed by atoms with Crippen LogP contribution in [0.3, 0.4) is 0 Å². The van der Waals surface area contributed by atoms with E-state index in [1.165, 1.54) is 0 Å². The number of hydrogen-bond donors (Lipinski definition) is 0. The van der Waals surface area contributed by atoms with E-state index in [2.05, 4.69) is 20.9 Å². The van der Waals surface area contributed by atoms with E-state index in [1.807, 2.05) is 37.3 Å². The summed E-state index contributed by atoms with van der Waals surface area (Å²) in [6, 6.07) is 18.1. The number of hydrogen-bond acceptors (Lipinski definition) is 5. The molecule has 0 radical (unpaired) electrons. The molecule has 1 heterocycles. The monoisotopic (exact) mass is 545 g/mol. The molecule has 4 rings (SSSR count). The predicted molar refractivity (Wildman–Crippen MR) is 133 cm³/mol. The lowest BCUT2D eigenvalue weighted by atomic mass is 10.1. The fraction of sp³-hybridized carbons (Fsp3) is 0.120. The first-order chi connectivity index (χ1) is 15.9. The van der Waals surface area contributed by atoms with Gasteiger partial charge in [-0.15, -0.1) is 0 Å². The van der Waals surface area contributed by atoms with Crippen LogP contribution in [0.1, 0.15) is 23.6 Å². The smallest absolute Gasteiger partial charge is 0.363 e. The molecule has 33 heavy (non-hydrogen) atoms. The molecular weight excluding hydrogens is 529 g/mol. The van der Waals surface area contributed by atoms with Crippen molar-refractivity contribution in [2.24, 2.45) is 4.99 Å². The van der Waals surface area contributed by atoms with Crippen molar-refractivity contribution in [3.8, 4) is 11.5 Å². The summed E-state index contributed by atoms with van der Waals surface area (Å²) in [7, 11) is 0. The van der Waals surface area contributed by atoms with Crippen molar-refractivity contribution in [3.05, 3.63) is 97.6 Å². The fourth-order valence-corrected chi connectivity index (χ4v) is 4.04. The second-order valence-electron chi connectivity index (χ2n) is 6.99. The van der Waals surface area contributed by atoms with E-state index in [0.29, 0.717) is 50.4 Å². The first kappa shape index (κ1) is 23.4. The summed E-state index contributed by atoms with van der Waals surface area (Å²) >= 11 is 15.7. The molecule has 3 aromatic rings. The van der Waals surface area contributed by atoms with Gasteiger partial charge in [0.2, 0.25) is 5.90 Å². The highest BCUT2D eigenvalue weighted by Crippen LogP contribution is 2.38. The Balaban J connectivity index is 1.61. The zero-order valence-corrected chi connectivity index (χ0v) is 20.6. The standard InChI is InChI=1S/C25H18BrCl2NO4/c1-2-31-22-13-16(11-19(26)23(22)32-14-15-7-9-17(27)10-8-15)12-21-25(30)33-24(29-21)18-5-3-4-6-20(18)28/h3-13H,2,14H2,1H3/b21-12-. The van der Waals surface area contributed by atoms with Crippen LogP contribution in [0.2, 0.25) is 10.0 Å². The molecule has 3 aromatic carbocycles. The third-order valence-corrected chi connectivity index (χ3v) is 5.83. The van der Waals surface area contributed by atoms with Gasteiger partial charge < -0.3 is 14.2 Å². The quantitative estimate of drug-likeness (QED) is 0.235. The van der Waals surface area contributed by atoms with Gasteiger partial charge in [-0.05, 0) is 76.5 Å². The van der Waals surface area contributed by atoms with Gasteiger partial charge in [0, 0.05) is 5.02 Å². The van der Waals surface area contributed by atoms with E-state index in [1.54, 1.807) is 36.4 Å². The summed E-state index contributed by atoms with van der Waals surface area (Å²) in [6.07, 6.45) is 1.63. The van der Waals surface area contributed by atoms with Crippen molar-refractivity contribution < 1.29 is 19.0 Å². The number of cyclic esters (lactones) is 1. The van der Waals surface area contributed by atoms with E-state index in [4.69, 9.17) is 37.4 Å². The number of halogens is 3. The van der Waals surface area contributed by atoms with Crippen LogP contribution in [-0.4, -0.2) is 18.5 Å². The number of esters is 1. The van der Waals surface area contributed by atoms with E-state index in [0.717, 1.165) is 5.56 Å². The Labute approximate surface area is 209 Å². The van der Waals surface area contributed by atoms with Crippen LogP contribution in [0.25, 0.3) is 6.08 Å². The molecule has 1 aliphatic heterocycles. The minimum Gasteiger partial charge on any atom is -0.490 e. The minimum atomic E-state index is -0.554. The van der Waals surface area contributed by atoms with E-state index in [-0.39, 0.29) is 11.6 Å². The zero-order valence-electron chi connectivity index (χ0n) is 17.5. The Morgan fingerprint density at radius 1 is 1.06 bits per heavy atom. The molecule has 0 saturated carbocycles. The van der Waals surface area contributed by atoms with Gasteiger partial charge >= 0.3 is 5.97 Å². The molecule has 0 amide bonds. The van der Waals surface area contributed by atoms with Crippen molar-refractivity contribution >= 4 is 57.1 Å². The lowest BCUT2D eigenvalue weighted by Gasteiger charge is -2.15. The number of carbonyl (C=O) groups excluding carboxylic acids is 1. The van der Waals surface area contributed by atoms with Crippen LogP contribution in [0.15, 0.2) is 75.8 Å². The molecular formula is C25H18BrCl2NO4. The lowest BCUT2D eigenvalue weighted by molar-refractivity contribution is -0.129. The number of nitrogens with zero attached hydrogens (tertiary/aromatic N) is 1. The summed E-state index contributed by atoms with van der Waals surface area (Å²) in [5.41, 5.74) is 2.38. The van der Waals surface area contributed by atoms with Gasteiger partial charge in [-0.1, -0.05) is 47.5 Å². The number of benzene rings is 3. The fourth-order valence-electron chi connectivity index (χ4n) is 3.13. The third kappa shape index (κ3) is 5.58. The first-order valence-corrected chi connectivity index (χ1v) is 11.6. The molecule has 5 nitrogen and oxygen atoms in total. The molecule has 0 bridgehead atoms. The van der Waals surface area contributed by atoms with E-state index in [9.17, 15) is 4.79 Å². The van der Waals surface area contributed by atoms with Gasteiger partial charge in [-0.3, -0.25) is 0 Å². The second-order valence-corrected chi connectivity index (χ2v) is 8.69. The minimum absolute atomic E-state index is 0.161. The Bertz CT molecular complexity index is 1260. The van der Waals surface area contributed by atoms with E-state index < -0.39 is 5.97 Å². The van der Waals surface area contributed by atoms with Crippen molar-refractivity contribution in [3.63, 3.8) is 0 Å². The highest BCUT2D eigenvalue weighted by atomic mass is 79.9. The summed E-state index contributed by atoms with van der Waals surface area (Å²) in [6.45, 7) is 2.67. The average molecular weight is 547 g/mol. The predicted octanol–water partition coefficient (Wildman–Crippen LogP) is 7.08. The van der Waals surface area contributed by atoms with Gasteiger partial charge in [0.15, 0.2) is 17.2 Å². The second kappa shape index (κ2) is 10.4. The van der Waals surface area contributed by atoms with Crippen molar-refractivity contribution in [2.45, 2.75) is 13.5 Å². The molecule has 0 unspecified atom stereocenters. The lowest BCUT2D eigenvalue weighted by Crippen LogP contribution is -2.05. The van der Waals surface area contributed by atoms with Crippen LogP contribution in [0.4, 0.5) is 0 Å². The molecule has 8 heteroatoms. The van der Waals surface area contributed by atoms with Crippen LogP contribution < -0.4 is 9.47 Å². The molecule has 0 atom stereocenters. The molecule has 168 valence electrons. The van der Waals surface area contributed by atoms with Gasteiger partial charge in [0.05, 0.1) is 21.7 Å². The molecule has 0 saturated heterocycles. The summed E-state index contributed by atoms with van der Waals surface area (Å²) in [5, 5.41) is 1.12. The van der Waals surface area contributed by atoms with Gasteiger partial charge in [-0.25, -0.2) is 9.79 Å². The Hall–Kier alpha value is -2.80. The molecule has 0 aliphatic carbocycles. The van der Waals surface area contributed by atoms with Crippen LogP contribution in [-0.2, 0) is 16.1 Å². The van der Waals surface area contributed by atoms with Crippen molar-refractivity contribution in [2.75, 3.05) is 6.61 Å². The Morgan fingerprint density at radius 2 is 1.82 bits per heavy atom. The van der Waals surface area contributed by atoms with Crippen LogP contribution in [0.5, 0.6) is 11.5 Å².